The quantitative estimate of drug-likeness (QED) is 0.489. The Bertz CT molecular complexity index is 898. The molecule has 0 amide bonds. The maximum absolute atomic E-state index is 13.5. The number of hydrogen-bond donors (Lipinski definition) is 2. The molecule has 1 heterocycles. The molecule has 1 aliphatic rings. The summed E-state index contributed by atoms with van der Waals surface area (Å²) in [7, 11) is 0. The number of rotatable bonds is 6. The Kier molecular flexibility index (Phi) is 7.61. The Labute approximate surface area is 198 Å². The molecule has 0 bridgehead atoms. The summed E-state index contributed by atoms with van der Waals surface area (Å²) in [5.74, 6) is -0.213. The van der Waals surface area contributed by atoms with E-state index >= 15 is 0 Å². The Balaban J connectivity index is 1.95. The number of para-hydroxylation sites is 1. The van der Waals surface area contributed by atoms with Crippen LogP contribution in [-0.2, 0) is 19.4 Å². The fourth-order valence-electron chi connectivity index (χ4n) is 5.22. The maximum Gasteiger partial charge on any atom is 0.173 e. The van der Waals surface area contributed by atoms with Gasteiger partial charge in [-0.05, 0) is 94.4 Å². The highest BCUT2D eigenvalue weighted by Crippen LogP contribution is 2.33. The fourth-order valence-corrected chi connectivity index (χ4v) is 5.54. The number of nitrogens with one attached hydrogen (secondary N) is 2. The molecule has 174 valence electrons. The van der Waals surface area contributed by atoms with Crippen LogP contribution in [0.15, 0.2) is 42.5 Å². The lowest BCUT2D eigenvalue weighted by Gasteiger charge is -2.50. The third-order valence-electron chi connectivity index (χ3n) is 6.37. The first-order valence-electron chi connectivity index (χ1n) is 11.8. The number of halogens is 1. The minimum atomic E-state index is -0.213. The van der Waals surface area contributed by atoms with Crippen molar-refractivity contribution in [3.63, 3.8) is 0 Å². The molecule has 0 saturated carbocycles. The third kappa shape index (κ3) is 6.08. The molecule has 0 aliphatic carbocycles. The Morgan fingerprint density at radius 1 is 1.00 bits per heavy atom. The van der Waals surface area contributed by atoms with Crippen molar-refractivity contribution >= 4 is 23.0 Å². The summed E-state index contributed by atoms with van der Waals surface area (Å²) in [5.41, 5.74) is 4.75. The van der Waals surface area contributed by atoms with Crippen molar-refractivity contribution in [1.29, 1.82) is 0 Å². The second kappa shape index (κ2) is 9.88. The number of piperidine rings is 1. The van der Waals surface area contributed by atoms with Crippen LogP contribution in [0.5, 0.6) is 0 Å². The van der Waals surface area contributed by atoms with Gasteiger partial charge in [0, 0.05) is 29.4 Å². The Morgan fingerprint density at radius 2 is 1.53 bits per heavy atom. The Morgan fingerprint density at radius 3 is 2.03 bits per heavy atom. The summed E-state index contributed by atoms with van der Waals surface area (Å²) < 4.78 is 13.5. The average molecular weight is 456 g/mol. The van der Waals surface area contributed by atoms with Crippen LogP contribution in [-0.4, -0.2) is 27.1 Å². The molecule has 0 unspecified atom stereocenters. The van der Waals surface area contributed by atoms with E-state index < -0.39 is 0 Å². The van der Waals surface area contributed by atoms with E-state index in [0.717, 1.165) is 42.0 Å². The minimum absolute atomic E-state index is 0.00101. The largest absolute Gasteiger partial charge is 0.342 e. The smallest absolute Gasteiger partial charge is 0.173 e. The number of nitrogens with zero attached hydrogens (tertiary/aromatic N) is 1. The topological polar surface area (TPSA) is 27.3 Å². The molecule has 3 nitrogen and oxygen atoms in total. The zero-order chi connectivity index (χ0) is 23.5. The van der Waals surface area contributed by atoms with Crippen LogP contribution in [0.4, 0.5) is 10.1 Å². The molecule has 2 aromatic carbocycles. The second-order valence-electron chi connectivity index (χ2n) is 10.3. The van der Waals surface area contributed by atoms with E-state index in [4.69, 9.17) is 12.2 Å². The van der Waals surface area contributed by atoms with Gasteiger partial charge in [-0.1, -0.05) is 44.2 Å². The molecule has 1 aliphatic heterocycles. The summed E-state index contributed by atoms with van der Waals surface area (Å²) >= 11 is 6.05. The predicted octanol–water partition coefficient (Wildman–Crippen LogP) is 6.46. The molecule has 3 rings (SSSR count). The summed E-state index contributed by atoms with van der Waals surface area (Å²) in [6.45, 7) is 14.0. The molecule has 2 aromatic rings. The summed E-state index contributed by atoms with van der Waals surface area (Å²) in [6, 6.07) is 13.5. The highest BCUT2D eigenvalue weighted by molar-refractivity contribution is 7.80. The molecule has 1 saturated heterocycles. The SMILES string of the molecule is CCc1cccc(CC)c1NC(=S)N(Cc1ccc(F)cc1)C1CC(C)(C)NC(C)(C)C1. The van der Waals surface area contributed by atoms with Crippen LogP contribution in [0.25, 0.3) is 0 Å². The maximum atomic E-state index is 13.5. The van der Waals surface area contributed by atoms with Crippen LogP contribution in [0, 0.1) is 5.82 Å². The van der Waals surface area contributed by atoms with Crippen LogP contribution in [0.2, 0.25) is 0 Å². The monoisotopic (exact) mass is 455 g/mol. The lowest BCUT2D eigenvalue weighted by molar-refractivity contribution is 0.101. The van der Waals surface area contributed by atoms with Crippen molar-refractivity contribution in [1.82, 2.24) is 10.2 Å². The van der Waals surface area contributed by atoms with Gasteiger partial charge in [-0.2, -0.15) is 0 Å². The molecule has 5 heteroatoms. The number of aryl methyl sites for hydroxylation is 2. The average Bonchev–Trinajstić information content (AvgIpc) is 2.71. The van der Waals surface area contributed by atoms with E-state index in [9.17, 15) is 4.39 Å². The van der Waals surface area contributed by atoms with Crippen molar-refractivity contribution in [3.05, 3.63) is 65.0 Å². The summed E-state index contributed by atoms with van der Waals surface area (Å²) in [6.07, 6.45) is 3.86. The van der Waals surface area contributed by atoms with Crippen LogP contribution in [0.3, 0.4) is 0 Å². The number of anilines is 1. The summed E-state index contributed by atoms with van der Waals surface area (Å²) in [4.78, 5) is 2.32. The van der Waals surface area contributed by atoms with Crippen molar-refractivity contribution in [3.8, 4) is 0 Å². The van der Waals surface area contributed by atoms with Gasteiger partial charge in [-0.15, -0.1) is 0 Å². The third-order valence-corrected chi connectivity index (χ3v) is 6.70. The normalized spacial score (nSPS) is 17.7. The standard InChI is InChI=1S/C27H38FN3S/c1-7-20-10-9-11-21(8-2)24(20)29-25(32)31(18-19-12-14-22(28)15-13-19)23-16-26(3,4)30-27(5,6)17-23/h9-15,23,30H,7-8,16-18H2,1-6H3,(H,29,32). The first-order chi connectivity index (χ1) is 15.0. The zero-order valence-corrected chi connectivity index (χ0v) is 21.2. The number of thiocarbonyl (C=S) groups is 1. The molecule has 0 spiro atoms. The summed E-state index contributed by atoms with van der Waals surface area (Å²) in [5, 5.41) is 8.14. The van der Waals surface area contributed by atoms with E-state index in [1.807, 2.05) is 12.1 Å². The lowest BCUT2D eigenvalue weighted by atomic mass is 9.79. The van der Waals surface area contributed by atoms with E-state index in [2.05, 4.69) is 75.3 Å². The molecule has 0 aromatic heterocycles. The van der Waals surface area contributed by atoms with Gasteiger partial charge in [0.25, 0.3) is 0 Å². The fraction of sp³-hybridized carbons (Fsp3) is 0.519. The molecule has 0 atom stereocenters. The number of hydrogen-bond acceptors (Lipinski definition) is 2. The van der Waals surface area contributed by atoms with Crippen LogP contribution < -0.4 is 10.6 Å². The van der Waals surface area contributed by atoms with Gasteiger partial charge in [0.2, 0.25) is 0 Å². The van der Waals surface area contributed by atoms with Gasteiger partial charge in [-0.3, -0.25) is 0 Å². The van der Waals surface area contributed by atoms with Gasteiger partial charge < -0.3 is 15.5 Å². The molecule has 1 fully saturated rings. The Hall–Kier alpha value is -1.98. The molecular weight excluding hydrogens is 417 g/mol. The van der Waals surface area contributed by atoms with Gasteiger partial charge in [0.15, 0.2) is 5.11 Å². The van der Waals surface area contributed by atoms with E-state index in [1.54, 1.807) is 0 Å². The highest BCUT2D eigenvalue weighted by atomic mass is 32.1. The van der Waals surface area contributed by atoms with E-state index in [0.29, 0.717) is 6.54 Å². The van der Waals surface area contributed by atoms with Crippen LogP contribution in [0.1, 0.15) is 71.1 Å². The molecule has 32 heavy (non-hydrogen) atoms. The van der Waals surface area contributed by atoms with Gasteiger partial charge in [0.05, 0.1) is 0 Å². The van der Waals surface area contributed by atoms with E-state index in [-0.39, 0.29) is 22.9 Å². The van der Waals surface area contributed by atoms with E-state index in [1.165, 1.54) is 23.3 Å². The van der Waals surface area contributed by atoms with Crippen molar-refractivity contribution in [2.45, 2.75) is 90.9 Å². The van der Waals surface area contributed by atoms with Crippen LogP contribution >= 0.6 is 12.2 Å². The predicted molar refractivity (Wildman–Crippen MR) is 138 cm³/mol. The van der Waals surface area contributed by atoms with Crippen molar-refractivity contribution in [2.75, 3.05) is 5.32 Å². The van der Waals surface area contributed by atoms with Gasteiger partial charge in [0.1, 0.15) is 5.82 Å². The first kappa shape index (κ1) is 24.7. The minimum Gasteiger partial charge on any atom is -0.342 e. The first-order valence-corrected chi connectivity index (χ1v) is 12.2. The lowest BCUT2D eigenvalue weighted by Crippen LogP contribution is -2.63. The van der Waals surface area contributed by atoms with Crippen molar-refractivity contribution in [2.24, 2.45) is 0 Å². The second-order valence-corrected chi connectivity index (χ2v) is 10.7. The van der Waals surface area contributed by atoms with Crippen molar-refractivity contribution < 1.29 is 4.39 Å². The number of benzene rings is 2. The highest BCUT2D eigenvalue weighted by Gasteiger charge is 2.40. The molecule has 2 N–H and O–H groups in total. The van der Waals surface area contributed by atoms with Gasteiger partial charge in [-0.25, -0.2) is 4.39 Å². The molecular formula is C27H38FN3S. The van der Waals surface area contributed by atoms with Gasteiger partial charge >= 0.3 is 0 Å². The zero-order valence-electron chi connectivity index (χ0n) is 20.4. The molecule has 0 radical (unpaired) electrons.